The van der Waals surface area contributed by atoms with Crippen LogP contribution in [0.25, 0.3) is 11.3 Å². The molecule has 2 atom stereocenters. The fourth-order valence-corrected chi connectivity index (χ4v) is 4.32. The molecule has 0 spiro atoms. The van der Waals surface area contributed by atoms with Crippen molar-refractivity contribution < 1.29 is 14.7 Å². The molecule has 7 heteroatoms. The van der Waals surface area contributed by atoms with Gasteiger partial charge >= 0.3 is 5.97 Å². The number of carbonyl (C=O) groups is 2. The smallest absolute Gasteiger partial charge is 0.305 e. The quantitative estimate of drug-likeness (QED) is 0.465. The maximum Gasteiger partial charge on any atom is 0.305 e. The minimum atomic E-state index is -1.05. The third kappa shape index (κ3) is 6.44. The predicted molar refractivity (Wildman–Crippen MR) is 136 cm³/mol. The van der Waals surface area contributed by atoms with Gasteiger partial charge in [-0.2, -0.15) is 0 Å². The van der Waals surface area contributed by atoms with Crippen LogP contribution in [0.2, 0.25) is 0 Å². The number of hydrogen-bond donors (Lipinski definition) is 2. The lowest BCUT2D eigenvalue weighted by atomic mass is 9.98. The van der Waals surface area contributed by atoms with Crippen molar-refractivity contribution in [3.63, 3.8) is 0 Å². The summed E-state index contributed by atoms with van der Waals surface area (Å²) in [7, 11) is 0. The number of rotatable bonds is 9. The summed E-state index contributed by atoms with van der Waals surface area (Å²) in [5.41, 5.74) is 4.82. The first-order chi connectivity index (χ1) is 16.6. The van der Waals surface area contributed by atoms with E-state index in [1.165, 1.54) is 10.6 Å². The van der Waals surface area contributed by atoms with E-state index < -0.39 is 24.0 Å². The number of benzene rings is 1. The highest BCUT2D eigenvalue weighted by molar-refractivity contribution is 5.81. The number of amides is 1. The van der Waals surface area contributed by atoms with Gasteiger partial charge in [0.25, 0.3) is 5.56 Å². The van der Waals surface area contributed by atoms with Gasteiger partial charge in [-0.15, -0.1) is 0 Å². The molecule has 35 heavy (non-hydrogen) atoms. The first-order valence-corrected chi connectivity index (χ1v) is 11.8. The van der Waals surface area contributed by atoms with Gasteiger partial charge in [0.05, 0.1) is 23.9 Å². The minimum absolute atomic E-state index is 0.141. The Hall–Kier alpha value is -3.74. The SMILES string of the molecule is Cc1ccn([C@@H](CC(C)C)C(=O)NC(CC(=O)O)c2cccc(-c3c(C)cccc3C)n2)c(=O)c1. The average Bonchev–Trinajstić information content (AvgIpc) is 2.77. The summed E-state index contributed by atoms with van der Waals surface area (Å²) in [5.74, 6) is -1.32. The van der Waals surface area contributed by atoms with Crippen LogP contribution in [0.5, 0.6) is 0 Å². The van der Waals surface area contributed by atoms with Crippen LogP contribution in [0.3, 0.4) is 0 Å². The van der Waals surface area contributed by atoms with Crippen LogP contribution < -0.4 is 10.9 Å². The second kappa shape index (κ2) is 11.1. The molecule has 2 N–H and O–H groups in total. The van der Waals surface area contributed by atoms with Crippen molar-refractivity contribution in [2.24, 2.45) is 5.92 Å². The lowest BCUT2D eigenvalue weighted by Gasteiger charge is -2.25. The number of pyridine rings is 2. The maximum absolute atomic E-state index is 13.5. The molecular weight excluding hydrogens is 442 g/mol. The fraction of sp³-hybridized carbons (Fsp3) is 0.357. The molecule has 0 radical (unpaired) electrons. The third-order valence-corrected chi connectivity index (χ3v) is 6.00. The zero-order valence-corrected chi connectivity index (χ0v) is 20.9. The molecule has 1 amide bonds. The topological polar surface area (TPSA) is 101 Å². The molecule has 0 aliphatic carbocycles. The molecular formula is C28H33N3O4. The number of nitrogens with zero attached hydrogens (tertiary/aromatic N) is 2. The highest BCUT2D eigenvalue weighted by atomic mass is 16.4. The highest BCUT2D eigenvalue weighted by Gasteiger charge is 2.27. The Labute approximate surface area is 205 Å². The highest BCUT2D eigenvalue weighted by Crippen LogP contribution is 2.28. The van der Waals surface area contributed by atoms with E-state index >= 15 is 0 Å². The van der Waals surface area contributed by atoms with Gasteiger partial charge in [-0.3, -0.25) is 19.4 Å². The first-order valence-electron chi connectivity index (χ1n) is 11.8. The molecule has 2 heterocycles. The van der Waals surface area contributed by atoms with E-state index in [1.54, 1.807) is 18.3 Å². The summed E-state index contributed by atoms with van der Waals surface area (Å²) >= 11 is 0. The van der Waals surface area contributed by atoms with Crippen molar-refractivity contribution in [2.75, 3.05) is 0 Å². The van der Waals surface area contributed by atoms with Crippen LogP contribution in [0.1, 0.15) is 61.2 Å². The van der Waals surface area contributed by atoms with Gasteiger partial charge in [0.15, 0.2) is 0 Å². The molecule has 3 aromatic rings. The number of hydrogen-bond acceptors (Lipinski definition) is 4. The number of carbonyl (C=O) groups excluding carboxylic acids is 1. The Bertz CT molecular complexity index is 1260. The Morgan fingerprint density at radius 1 is 1.03 bits per heavy atom. The van der Waals surface area contributed by atoms with Crippen molar-refractivity contribution in [1.29, 1.82) is 0 Å². The zero-order valence-electron chi connectivity index (χ0n) is 20.9. The van der Waals surface area contributed by atoms with E-state index in [0.717, 1.165) is 27.9 Å². The second-order valence-corrected chi connectivity index (χ2v) is 9.47. The van der Waals surface area contributed by atoms with Gasteiger partial charge in [0.2, 0.25) is 5.91 Å². The molecule has 0 bridgehead atoms. The Morgan fingerprint density at radius 2 is 1.69 bits per heavy atom. The lowest BCUT2D eigenvalue weighted by Crippen LogP contribution is -2.40. The molecule has 3 rings (SSSR count). The predicted octanol–water partition coefficient (Wildman–Crippen LogP) is 4.75. The monoisotopic (exact) mass is 475 g/mol. The normalized spacial score (nSPS) is 12.9. The van der Waals surface area contributed by atoms with E-state index in [0.29, 0.717) is 12.1 Å². The Balaban J connectivity index is 1.98. The number of carboxylic acid groups (broad SMARTS) is 1. The van der Waals surface area contributed by atoms with Crippen molar-refractivity contribution in [2.45, 2.75) is 59.5 Å². The molecule has 2 aromatic heterocycles. The van der Waals surface area contributed by atoms with Crippen LogP contribution in [0.15, 0.2) is 59.5 Å². The molecule has 1 aromatic carbocycles. The maximum atomic E-state index is 13.5. The van der Waals surface area contributed by atoms with Gasteiger partial charge in [0, 0.05) is 17.8 Å². The largest absolute Gasteiger partial charge is 0.481 e. The third-order valence-electron chi connectivity index (χ3n) is 6.00. The molecule has 0 fully saturated rings. The summed E-state index contributed by atoms with van der Waals surface area (Å²) in [4.78, 5) is 42.5. The van der Waals surface area contributed by atoms with E-state index in [2.05, 4.69) is 5.32 Å². The molecule has 0 saturated carbocycles. The van der Waals surface area contributed by atoms with Crippen molar-refractivity contribution in [3.8, 4) is 11.3 Å². The second-order valence-electron chi connectivity index (χ2n) is 9.47. The lowest BCUT2D eigenvalue weighted by molar-refractivity contribution is -0.138. The van der Waals surface area contributed by atoms with Crippen molar-refractivity contribution in [1.82, 2.24) is 14.9 Å². The van der Waals surface area contributed by atoms with Crippen LogP contribution >= 0.6 is 0 Å². The van der Waals surface area contributed by atoms with Crippen molar-refractivity contribution >= 4 is 11.9 Å². The summed E-state index contributed by atoms with van der Waals surface area (Å²) in [6.07, 6.45) is 1.73. The summed E-state index contributed by atoms with van der Waals surface area (Å²) in [6, 6.07) is 13.1. The van der Waals surface area contributed by atoms with E-state index in [1.807, 2.05) is 65.0 Å². The standard InChI is InChI=1S/C28H33N3O4/c1-17(2)14-24(31-13-12-18(3)15-25(31)32)28(35)30-23(16-26(33)34)21-10-7-11-22(29-21)27-19(4)8-6-9-20(27)5/h6-13,15,17,23-24H,14,16H2,1-5H3,(H,30,35)(H,33,34)/t23?,24-/m0/s1. The zero-order chi connectivity index (χ0) is 25.7. The average molecular weight is 476 g/mol. The van der Waals surface area contributed by atoms with Gasteiger partial charge < -0.3 is 15.0 Å². The van der Waals surface area contributed by atoms with Gasteiger partial charge in [-0.1, -0.05) is 38.1 Å². The van der Waals surface area contributed by atoms with Gasteiger partial charge in [-0.05, 0) is 68.0 Å². The number of nitrogens with one attached hydrogen (secondary N) is 1. The van der Waals surface area contributed by atoms with E-state index in [4.69, 9.17) is 4.98 Å². The van der Waals surface area contributed by atoms with Crippen molar-refractivity contribution in [3.05, 3.63) is 87.5 Å². The Kier molecular flexibility index (Phi) is 8.22. The number of aromatic nitrogens is 2. The summed E-state index contributed by atoms with van der Waals surface area (Å²) in [6.45, 7) is 9.78. The molecule has 1 unspecified atom stereocenters. The van der Waals surface area contributed by atoms with Crippen LogP contribution in [0.4, 0.5) is 0 Å². The van der Waals surface area contributed by atoms with E-state index in [9.17, 15) is 19.5 Å². The summed E-state index contributed by atoms with van der Waals surface area (Å²) < 4.78 is 1.42. The van der Waals surface area contributed by atoms with Crippen LogP contribution in [-0.4, -0.2) is 26.5 Å². The fourth-order valence-electron chi connectivity index (χ4n) is 4.32. The van der Waals surface area contributed by atoms with E-state index in [-0.39, 0.29) is 17.9 Å². The number of aryl methyl sites for hydroxylation is 3. The molecule has 7 nitrogen and oxygen atoms in total. The number of aliphatic carboxylic acids is 1. The molecule has 0 aliphatic heterocycles. The van der Waals surface area contributed by atoms with Crippen LogP contribution in [0, 0.1) is 26.7 Å². The Morgan fingerprint density at radius 3 is 2.29 bits per heavy atom. The number of carboxylic acids is 1. The summed E-state index contributed by atoms with van der Waals surface area (Å²) in [5, 5.41) is 12.5. The first kappa shape index (κ1) is 25.9. The minimum Gasteiger partial charge on any atom is -0.481 e. The molecule has 0 saturated heterocycles. The van der Waals surface area contributed by atoms with Gasteiger partial charge in [-0.25, -0.2) is 0 Å². The van der Waals surface area contributed by atoms with Gasteiger partial charge in [0.1, 0.15) is 6.04 Å². The van der Waals surface area contributed by atoms with Crippen LogP contribution in [-0.2, 0) is 9.59 Å². The molecule has 0 aliphatic rings. The molecule has 184 valence electrons.